The highest BCUT2D eigenvalue weighted by Gasteiger charge is 2.16. The molecule has 4 aromatic rings. The molecule has 0 amide bonds. The monoisotopic (exact) mass is 386 g/mol. The van der Waals surface area contributed by atoms with Gasteiger partial charge in [-0.25, -0.2) is 15.0 Å². The average molecular weight is 386 g/mol. The summed E-state index contributed by atoms with van der Waals surface area (Å²) in [5, 5.41) is 0. The second kappa shape index (κ2) is 7.71. The first-order valence-electron chi connectivity index (χ1n) is 9.32. The molecule has 0 atom stereocenters. The first-order valence-corrected chi connectivity index (χ1v) is 9.32. The van der Waals surface area contributed by atoms with Crippen LogP contribution in [0.1, 0.15) is 11.5 Å². The maximum Gasteiger partial charge on any atom is 0.251 e. The number of nitrogens with zero attached hydrogens (tertiary/aromatic N) is 5. The molecule has 0 spiro atoms. The second-order valence-corrected chi connectivity index (χ2v) is 7.07. The van der Waals surface area contributed by atoms with Crippen LogP contribution in [-0.2, 0) is 6.54 Å². The molecular formula is C22H22N6O. The van der Waals surface area contributed by atoms with Crippen LogP contribution in [0.25, 0.3) is 22.5 Å². The lowest BCUT2D eigenvalue weighted by Crippen LogP contribution is -2.14. The zero-order valence-corrected chi connectivity index (χ0v) is 16.6. The number of hydrogen-bond acceptors (Lipinski definition) is 5. The molecule has 3 heterocycles. The third-order valence-electron chi connectivity index (χ3n) is 4.60. The summed E-state index contributed by atoms with van der Waals surface area (Å²) in [7, 11) is 3.92. The minimum atomic E-state index is -0.158. The Balaban J connectivity index is 1.83. The van der Waals surface area contributed by atoms with E-state index in [1.165, 1.54) is 6.07 Å². The number of benzene rings is 1. The first-order chi connectivity index (χ1) is 14.0. The molecule has 3 aromatic heterocycles. The third-order valence-corrected chi connectivity index (χ3v) is 4.60. The van der Waals surface area contributed by atoms with E-state index in [2.05, 4.69) is 19.9 Å². The topological polar surface area (TPSA) is 79.7 Å². The smallest absolute Gasteiger partial charge is 0.251 e. The Hall–Kier alpha value is -3.74. The van der Waals surface area contributed by atoms with Crippen molar-refractivity contribution in [1.82, 2.24) is 24.5 Å². The summed E-state index contributed by atoms with van der Waals surface area (Å²) in [5.41, 5.74) is 4.28. The fourth-order valence-corrected chi connectivity index (χ4v) is 3.28. The highest BCUT2D eigenvalue weighted by molar-refractivity contribution is 5.78. The van der Waals surface area contributed by atoms with Crippen molar-refractivity contribution in [2.24, 2.45) is 0 Å². The van der Waals surface area contributed by atoms with Crippen LogP contribution < -0.4 is 10.5 Å². The zero-order valence-electron chi connectivity index (χ0n) is 16.6. The number of hydrogen-bond donors (Lipinski definition) is 1. The van der Waals surface area contributed by atoms with Gasteiger partial charge in [-0.3, -0.25) is 4.79 Å². The number of pyridine rings is 1. The van der Waals surface area contributed by atoms with Gasteiger partial charge in [0.05, 0.1) is 24.3 Å². The number of aryl methyl sites for hydroxylation is 1. The maximum atomic E-state index is 11.8. The van der Waals surface area contributed by atoms with E-state index in [-0.39, 0.29) is 5.56 Å². The molecule has 0 bridgehead atoms. The fraction of sp³-hybridized carbons (Fsp3) is 0.182. The van der Waals surface area contributed by atoms with E-state index in [4.69, 9.17) is 0 Å². The second-order valence-electron chi connectivity index (χ2n) is 7.07. The SMILES string of the molecule is Cc1cc(=O)[nH]c(Cn2cnc(-c3ccccc3)c2-c2ccc(N(C)C)nc2)n1. The standard InChI is InChI=1S/C22H22N6O/c1-15-11-20(29)26-18(25-15)13-28-14-24-21(16-7-5-4-6-8-16)22(28)17-9-10-19(23-12-17)27(2)3/h4-12,14H,13H2,1-3H3,(H,25,26,29). The maximum absolute atomic E-state index is 11.8. The highest BCUT2D eigenvalue weighted by atomic mass is 16.1. The summed E-state index contributed by atoms with van der Waals surface area (Å²) in [6, 6.07) is 15.5. The van der Waals surface area contributed by atoms with Gasteiger partial charge in [0.2, 0.25) is 0 Å². The lowest BCUT2D eigenvalue weighted by molar-refractivity contribution is 0.738. The normalized spacial score (nSPS) is 10.9. The molecule has 7 heteroatoms. The molecule has 29 heavy (non-hydrogen) atoms. The molecule has 0 radical (unpaired) electrons. The lowest BCUT2D eigenvalue weighted by Gasteiger charge is -2.13. The lowest BCUT2D eigenvalue weighted by atomic mass is 10.1. The van der Waals surface area contributed by atoms with Crippen molar-refractivity contribution in [2.75, 3.05) is 19.0 Å². The van der Waals surface area contributed by atoms with Gasteiger partial charge in [-0.05, 0) is 19.1 Å². The fourth-order valence-electron chi connectivity index (χ4n) is 3.28. The van der Waals surface area contributed by atoms with Crippen LogP contribution in [0.2, 0.25) is 0 Å². The number of H-pyrrole nitrogens is 1. The minimum Gasteiger partial charge on any atom is -0.363 e. The Morgan fingerprint density at radius 3 is 2.48 bits per heavy atom. The highest BCUT2D eigenvalue weighted by Crippen LogP contribution is 2.31. The minimum absolute atomic E-state index is 0.158. The molecule has 0 aliphatic rings. The Kier molecular flexibility index (Phi) is 4.95. The summed E-state index contributed by atoms with van der Waals surface area (Å²) in [4.78, 5) is 30.3. The predicted molar refractivity (Wildman–Crippen MR) is 114 cm³/mol. The third kappa shape index (κ3) is 3.94. The van der Waals surface area contributed by atoms with Gasteiger partial charge in [0, 0.05) is 43.2 Å². The van der Waals surface area contributed by atoms with Crippen LogP contribution in [0.5, 0.6) is 0 Å². The molecule has 0 saturated carbocycles. The number of anilines is 1. The van der Waals surface area contributed by atoms with Crippen molar-refractivity contribution < 1.29 is 0 Å². The van der Waals surface area contributed by atoms with Crippen molar-refractivity contribution in [1.29, 1.82) is 0 Å². The van der Waals surface area contributed by atoms with Crippen LogP contribution in [0.3, 0.4) is 0 Å². The van der Waals surface area contributed by atoms with Gasteiger partial charge in [0.15, 0.2) is 0 Å². The summed E-state index contributed by atoms with van der Waals surface area (Å²) in [6.07, 6.45) is 3.63. The molecular weight excluding hydrogens is 364 g/mol. The molecule has 0 saturated heterocycles. The molecule has 0 aliphatic carbocycles. The van der Waals surface area contributed by atoms with Crippen molar-refractivity contribution in [3.8, 4) is 22.5 Å². The van der Waals surface area contributed by atoms with Crippen molar-refractivity contribution in [3.63, 3.8) is 0 Å². The molecule has 146 valence electrons. The van der Waals surface area contributed by atoms with Gasteiger partial charge in [-0.1, -0.05) is 30.3 Å². The van der Waals surface area contributed by atoms with Crippen molar-refractivity contribution in [3.05, 3.63) is 82.9 Å². The summed E-state index contributed by atoms with van der Waals surface area (Å²) in [5.74, 6) is 1.47. The molecule has 0 fully saturated rings. The van der Waals surface area contributed by atoms with Gasteiger partial charge in [-0.15, -0.1) is 0 Å². The Labute approximate surface area is 168 Å². The molecule has 0 unspecified atom stereocenters. The molecule has 4 rings (SSSR count). The average Bonchev–Trinajstić information content (AvgIpc) is 3.11. The Bertz CT molecular complexity index is 1180. The predicted octanol–water partition coefficient (Wildman–Crippen LogP) is 3.12. The summed E-state index contributed by atoms with van der Waals surface area (Å²) < 4.78 is 1.99. The molecule has 1 aromatic carbocycles. The largest absolute Gasteiger partial charge is 0.363 e. The number of aromatic nitrogens is 5. The van der Waals surface area contributed by atoms with Gasteiger partial charge in [0.25, 0.3) is 5.56 Å². The molecule has 7 nitrogen and oxygen atoms in total. The Morgan fingerprint density at radius 2 is 1.83 bits per heavy atom. The van der Waals surface area contributed by atoms with E-state index in [0.717, 1.165) is 28.3 Å². The van der Waals surface area contributed by atoms with Gasteiger partial charge < -0.3 is 14.5 Å². The quantitative estimate of drug-likeness (QED) is 0.570. The van der Waals surface area contributed by atoms with E-state index in [1.54, 1.807) is 6.33 Å². The zero-order chi connectivity index (χ0) is 20.4. The number of imidazole rings is 1. The van der Waals surface area contributed by atoms with Crippen LogP contribution in [0.4, 0.5) is 5.82 Å². The number of nitrogens with one attached hydrogen (secondary N) is 1. The van der Waals surface area contributed by atoms with Crippen LogP contribution in [0, 0.1) is 6.92 Å². The summed E-state index contributed by atoms with van der Waals surface area (Å²) in [6.45, 7) is 2.22. The van der Waals surface area contributed by atoms with Gasteiger partial charge in [0.1, 0.15) is 11.6 Å². The number of aromatic amines is 1. The molecule has 0 aliphatic heterocycles. The number of rotatable bonds is 5. The van der Waals surface area contributed by atoms with Crippen molar-refractivity contribution >= 4 is 5.82 Å². The van der Waals surface area contributed by atoms with E-state index < -0.39 is 0 Å². The van der Waals surface area contributed by atoms with E-state index in [0.29, 0.717) is 18.1 Å². The Morgan fingerprint density at radius 1 is 1.03 bits per heavy atom. The van der Waals surface area contributed by atoms with E-state index in [1.807, 2.05) is 79.1 Å². The van der Waals surface area contributed by atoms with Crippen molar-refractivity contribution in [2.45, 2.75) is 13.5 Å². The van der Waals surface area contributed by atoms with E-state index in [9.17, 15) is 4.79 Å². The van der Waals surface area contributed by atoms with Crippen LogP contribution >= 0.6 is 0 Å². The first kappa shape index (κ1) is 18.6. The summed E-state index contributed by atoms with van der Waals surface area (Å²) >= 11 is 0. The van der Waals surface area contributed by atoms with Gasteiger partial charge in [-0.2, -0.15) is 0 Å². The molecule has 1 N–H and O–H groups in total. The van der Waals surface area contributed by atoms with E-state index >= 15 is 0 Å². The van der Waals surface area contributed by atoms with Crippen LogP contribution in [-0.4, -0.2) is 38.6 Å². The van der Waals surface area contributed by atoms with Gasteiger partial charge >= 0.3 is 0 Å². The van der Waals surface area contributed by atoms with Crippen LogP contribution in [0.15, 0.2) is 65.8 Å².